The number of carbonyl (C=O) groups is 5. The molecule has 1 fully saturated rings. The number of nitrogens with zero attached hydrogens (tertiary/aromatic N) is 3. The molecule has 2 heterocycles. The summed E-state index contributed by atoms with van der Waals surface area (Å²) in [6.45, 7) is 13.7. The Balaban J connectivity index is 0.939. The first-order valence-corrected chi connectivity index (χ1v) is 31.5. The number of aryl methyl sites for hydroxylation is 1. The second-order valence-corrected chi connectivity index (χ2v) is 26.7. The number of phenolic OH excluding ortho intramolecular Hbond substituents is 1. The number of allylic oxidation sites excluding steroid dienone is 1. The van der Waals surface area contributed by atoms with Gasteiger partial charge >= 0.3 is 6.16 Å². The van der Waals surface area contributed by atoms with Gasteiger partial charge in [-0.05, 0) is 107 Å². The largest absolute Gasteiger partial charge is 0.508 e. The van der Waals surface area contributed by atoms with Crippen molar-refractivity contribution in [2.45, 2.75) is 110 Å². The van der Waals surface area contributed by atoms with Gasteiger partial charge in [-0.3, -0.25) is 19.2 Å². The minimum Gasteiger partial charge on any atom is -0.508 e. The van der Waals surface area contributed by atoms with Gasteiger partial charge in [0.2, 0.25) is 23.6 Å². The molecule has 18 nitrogen and oxygen atoms in total. The highest BCUT2D eigenvalue weighted by Crippen LogP contribution is 2.36. The summed E-state index contributed by atoms with van der Waals surface area (Å²) in [5.41, 5.74) is 9.05. The maximum atomic E-state index is 14.5. The van der Waals surface area contributed by atoms with Crippen molar-refractivity contribution in [2.75, 3.05) is 59.4 Å². The zero-order valence-corrected chi connectivity index (χ0v) is 50.6. The fourth-order valence-corrected chi connectivity index (χ4v) is 12.8. The van der Waals surface area contributed by atoms with Crippen LogP contribution < -0.4 is 15.4 Å². The molecular formula is C61H77N5O13S3. The van der Waals surface area contributed by atoms with E-state index in [9.17, 15) is 37.5 Å². The first-order valence-electron chi connectivity index (χ1n) is 27.3. The number of nitrogens with one attached hydrogen (secondary N) is 2. The third kappa shape index (κ3) is 19.4. The summed E-state index contributed by atoms with van der Waals surface area (Å²) in [4.78, 5) is 76.1. The molecule has 0 spiro atoms. The average Bonchev–Trinajstić information content (AvgIpc) is 4.12. The van der Waals surface area contributed by atoms with Crippen LogP contribution >= 0.6 is 22.1 Å². The fraction of sp³-hybridized carbons (Fsp3) is 0.443. The summed E-state index contributed by atoms with van der Waals surface area (Å²) < 4.78 is 52.1. The fourth-order valence-electron chi connectivity index (χ4n) is 9.14. The number of phenols is 1. The van der Waals surface area contributed by atoms with E-state index in [2.05, 4.69) is 34.7 Å². The topological polar surface area (TPSA) is 229 Å². The van der Waals surface area contributed by atoms with Crippen molar-refractivity contribution in [3.8, 4) is 21.9 Å². The van der Waals surface area contributed by atoms with Crippen LogP contribution in [0.2, 0.25) is 0 Å². The maximum absolute atomic E-state index is 14.5. The summed E-state index contributed by atoms with van der Waals surface area (Å²) in [6, 6.07) is 30.8. The smallest absolute Gasteiger partial charge is 0.508 e. The summed E-state index contributed by atoms with van der Waals surface area (Å²) in [5.74, 6) is -0.755. The number of thiazole rings is 1. The van der Waals surface area contributed by atoms with Crippen molar-refractivity contribution in [3.63, 3.8) is 0 Å². The normalized spacial score (nSPS) is 15.8. The molecule has 1 aliphatic heterocycles. The molecule has 6 rings (SSSR count). The Morgan fingerprint density at radius 3 is 2.09 bits per heavy atom. The number of hydrogen-bond donors (Lipinski definition) is 3. The zero-order chi connectivity index (χ0) is 59.6. The van der Waals surface area contributed by atoms with E-state index in [1.807, 2.05) is 85.8 Å². The van der Waals surface area contributed by atoms with Gasteiger partial charge in [-0.2, -0.15) is 0 Å². The van der Waals surface area contributed by atoms with E-state index >= 15 is 0 Å². The van der Waals surface area contributed by atoms with E-state index in [1.165, 1.54) is 21.8 Å². The van der Waals surface area contributed by atoms with Crippen LogP contribution in [0, 0.1) is 12.3 Å². The number of benzene rings is 4. The van der Waals surface area contributed by atoms with E-state index in [-0.39, 0.29) is 77.0 Å². The first-order chi connectivity index (χ1) is 39.0. The van der Waals surface area contributed by atoms with E-state index in [0.29, 0.717) is 23.1 Å². The lowest BCUT2D eigenvalue weighted by molar-refractivity contribution is -0.144. The number of likely N-dealkylation sites (N-methyl/N-ethyl adjacent to an activating group) is 1. The summed E-state index contributed by atoms with van der Waals surface area (Å²) >= 11 is 1.53. The van der Waals surface area contributed by atoms with Gasteiger partial charge in [0.25, 0.3) is 0 Å². The number of rotatable bonds is 28. The van der Waals surface area contributed by atoms with Crippen molar-refractivity contribution in [1.29, 1.82) is 0 Å². The molecule has 1 aliphatic rings. The highest BCUT2D eigenvalue weighted by atomic mass is 33.1. The lowest BCUT2D eigenvalue weighted by Gasteiger charge is -2.35. The second kappa shape index (κ2) is 30.5. The average molecular weight is 1180 g/mol. The highest BCUT2D eigenvalue weighted by molar-refractivity contribution is 8.72. The Bertz CT molecular complexity index is 3060. The Morgan fingerprint density at radius 2 is 1.49 bits per heavy atom. The van der Waals surface area contributed by atoms with Crippen LogP contribution in [0.1, 0.15) is 95.2 Å². The van der Waals surface area contributed by atoms with Crippen LogP contribution in [-0.2, 0) is 53.5 Å². The van der Waals surface area contributed by atoms with Crippen molar-refractivity contribution < 1.29 is 61.2 Å². The Kier molecular flexibility index (Phi) is 23.9. The minimum atomic E-state index is -3.43. The molecule has 0 saturated carbocycles. The Labute approximate surface area is 489 Å². The molecule has 0 bridgehead atoms. The molecule has 5 atom stereocenters. The van der Waals surface area contributed by atoms with Gasteiger partial charge in [0, 0.05) is 32.7 Å². The highest BCUT2D eigenvalue weighted by Gasteiger charge is 2.46. The zero-order valence-electron chi connectivity index (χ0n) is 48.2. The SMILES string of the molecule is CC/C(=C(\c1ccc(O)cc1)c1ccc(OCCN(C)C(=O)CCOCCOCCC(=O)N[C@H](C(=O)N2CC(OC(=O)OC(C)C(C)SS(C)(=O)=O)C[C@H]2C(=O)NCc2ccc(-c3scnc3C)cc2)C(C)(C)C)cc1)c1ccccc1. The Hall–Kier alpha value is -6.78. The van der Waals surface area contributed by atoms with Crippen LogP contribution in [0.25, 0.3) is 21.6 Å². The van der Waals surface area contributed by atoms with E-state index in [1.54, 1.807) is 64.2 Å². The number of carbonyl (C=O) groups excluding carboxylic acids is 5. The van der Waals surface area contributed by atoms with Gasteiger partial charge in [-0.25, -0.2) is 18.2 Å². The molecule has 1 aromatic heterocycles. The molecule has 5 aromatic rings. The van der Waals surface area contributed by atoms with E-state index in [4.69, 9.17) is 23.7 Å². The van der Waals surface area contributed by atoms with Gasteiger partial charge in [-0.15, -0.1) is 11.3 Å². The summed E-state index contributed by atoms with van der Waals surface area (Å²) in [5, 5.41) is 15.1. The molecule has 1 saturated heterocycles. The number of likely N-dealkylation sites (tertiary alicyclic amines) is 1. The van der Waals surface area contributed by atoms with Crippen molar-refractivity contribution >= 4 is 71.9 Å². The monoisotopic (exact) mass is 1180 g/mol. The number of aromatic hydroxyl groups is 1. The second-order valence-electron chi connectivity index (χ2n) is 21.1. The van der Waals surface area contributed by atoms with Crippen molar-refractivity contribution in [1.82, 2.24) is 25.4 Å². The van der Waals surface area contributed by atoms with Crippen molar-refractivity contribution in [3.05, 3.63) is 137 Å². The van der Waals surface area contributed by atoms with Gasteiger partial charge in [0.15, 0.2) is 8.87 Å². The maximum Gasteiger partial charge on any atom is 0.508 e. The summed E-state index contributed by atoms with van der Waals surface area (Å²) in [7, 11) is -1.07. The van der Waals surface area contributed by atoms with Gasteiger partial charge in [-0.1, -0.05) is 107 Å². The number of aromatic nitrogens is 1. The lowest BCUT2D eigenvalue weighted by atomic mass is 9.85. The van der Waals surface area contributed by atoms with Crippen LogP contribution in [0.15, 0.2) is 109 Å². The van der Waals surface area contributed by atoms with Crippen LogP contribution in [0.5, 0.6) is 11.5 Å². The van der Waals surface area contributed by atoms with Crippen LogP contribution in [-0.4, -0.2) is 147 Å². The van der Waals surface area contributed by atoms with Crippen LogP contribution in [0.3, 0.4) is 0 Å². The first kappa shape index (κ1) is 64.4. The minimum absolute atomic E-state index is 0.0195. The molecule has 21 heteroatoms. The lowest BCUT2D eigenvalue weighted by Crippen LogP contribution is -2.57. The van der Waals surface area contributed by atoms with Gasteiger partial charge < -0.3 is 49.2 Å². The number of ether oxygens (including phenoxy) is 5. The Morgan fingerprint density at radius 1 is 0.854 bits per heavy atom. The molecule has 0 radical (unpaired) electrons. The summed E-state index contributed by atoms with van der Waals surface area (Å²) in [6.07, 6.45) is -1.02. The van der Waals surface area contributed by atoms with E-state index in [0.717, 1.165) is 56.6 Å². The van der Waals surface area contributed by atoms with E-state index < -0.39 is 67.7 Å². The van der Waals surface area contributed by atoms with Gasteiger partial charge in [0.1, 0.15) is 42.4 Å². The number of hydrogen-bond acceptors (Lipinski definition) is 16. The molecule has 4 amide bonds. The molecule has 82 heavy (non-hydrogen) atoms. The third-order valence-corrected chi connectivity index (χ3v) is 17.7. The predicted octanol–water partition coefficient (Wildman–Crippen LogP) is 9.28. The molecular weight excluding hydrogens is 1110 g/mol. The third-order valence-electron chi connectivity index (χ3n) is 13.7. The quantitative estimate of drug-likeness (QED) is 0.0183. The molecule has 4 aromatic carbocycles. The molecule has 3 unspecified atom stereocenters. The van der Waals surface area contributed by atoms with Gasteiger partial charge in [0.05, 0.1) is 67.3 Å². The van der Waals surface area contributed by atoms with Crippen LogP contribution in [0.4, 0.5) is 4.79 Å². The predicted molar refractivity (Wildman–Crippen MR) is 320 cm³/mol. The molecule has 0 aliphatic carbocycles. The number of amides is 4. The molecule has 3 N–H and O–H groups in total. The standard InChI is InChI=1S/C61H77N5O13S3/c1-10-51(44-14-12-11-13-15-44)55(45-20-24-48(67)25-21-45)46-22-26-49(27-23-46)77-33-30-65(8)54(69)29-32-76-35-34-75-31-28-53(68)64-57(61(5,6)7)59(71)66-38-50(79-60(72)78-41(3)42(4)81-82(9,73)74)36-52(66)58(70)62-37-43-16-18-47(19-17-43)56-40(2)63-39-80-56/h11-27,39,41-42,50,52,57,67H,10,28-38H2,1-9H3,(H,62,70)(H,64,68)/b55-51-/t41?,42?,50?,52-,57+/m0/s1. The molecule has 442 valence electrons. The van der Waals surface area contributed by atoms with Crippen molar-refractivity contribution in [2.24, 2.45) is 5.41 Å².